The van der Waals surface area contributed by atoms with Gasteiger partial charge in [0.2, 0.25) is 0 Å². The molecule has 1 saturated heterocycles. The SMILES string of the molecule is CC1CCN(Cc2ccc(NCCCc3ccccc3)cc2)CC1. The van der Waals surface area contributed by atoms with Gasteiger partial charge in [-0.05, 0) is 68.0 Å². The number of aryl methyl sites for hydroxylation is 1. The number of piperidine rings is 1. The average molecular weight is 322 g/mol. The largest absolute Gasteiger partial charge is 0.385 e. The first-order chi connectivity index (χ1) is 11.8. The van der Waals surface area contributed by atoms with Crippen LogP contribution in [0.4, 0.5) is 5.69 Å². The Morgan fingerprint density at radius 2 is 1.62 bits per heavy atom. The van der Waals surface area contributed by atoms with Crippen molar-refractivity contribution in [1.29, 1.82) is 0 Å². The van der Waals surface area contributed by atoms with Crippen LogP contribution in [-0.4, -0.2) is 24.5 Å². The van der Waals surface area contributed by atoms with Gasteiger partial charge in [-0.3, -0.25) is 4.90 Å². The molecule has 3 rings (SSSR count). The third-order valence-electron chi connectivity index (χ3n) is 5.05. The van der Waals surface area contributed by atoms with Crippen molar-refractivity contribution >= 4 is 5.69 Å². The minimum atomic E-state index is 0.906. The van der Waals surface area contributed by atoms with Gasteiger partial charge in [0, 0.05) is 18.8 Å². The van der Waals surface area contributed by atoms with Crippen LogP contribution in [0.5, 0.6) is 0 Å². The normalized spacial score (nSPS) is 16.2. The van der Waals surface area contributed by atoms with Gasteiger partial charge >= 0.3 is 0 Å². The third-order valence-corrected chi connectivity index (χ3v) is 5.05. The van der Waals surface area contributed by atoms with E-state index in [9.17, 15) is 0 Å². The molecule has 2 aromatic carbocycles. The Morgan fingerprint density at radius 3 is 2.33 bits per heavy atom. The fourth-order valence-electron chi connectivity index (χ4n) is 3.38. The van der Waals surface area contributed by atoms with Crippen LogP contribution in [0.15, 0.2) is 54.6 Å². The van der Waals surface area contributed by atoms with Crippen molar-refractivity contribution in [2.24, 2.45) is 5.92 Å². The van der Waals surface area contributed by atoms with Gasteiger partial charge < -0.3 is 5.32 Å². The van der Waals surface area contributed by atoms with Crippen molar-refractivity contribution in [3.8, 4) is 0 Å². The number of nitrogens with zero attached hydrogens (tertiary/aromatic N) is 1. The van der Waals surface area contributed by atoms with Gasteiger partial charge in [-0.15, -0.1) is 0 Å². The Bertz CT molecular complexity index is 583. The van der Waals surface area contributed by atoms with Crippen LogP contribution in [0.25, 0.3) is 0 Å². The van der Waals surface area contributed by atoms with Crippen LogP contribution in [0, 0.1) is 5.92 Å². The lowest BCUT2D eigenvalue weighted by atomic mass is 9.99. The lowest BCUT2D eigenvalue weighted by Gasteiger charge is -2.30. The highest BCUT2D eigenvalue weighted by Gasteiger charge is 2.15. The number of benzene rings is 2. The third kappa shape index (κ3) is 5.38. The maximum atomic E-state index is 3.54. The van der Waals surface area contributed by atoms with Crippen LogP contribution in [0.2, 0.25) is 0 Å². The summed E-state index contributed by atoms with van der Waals surface area (Å²) in [5.41, 5.74) is 4.09. The van der Waals surface area contributed by atoms with Gasteiger partial charge in [0.1, 0.15) is 0 Å². The summed E-state index contributed by atoms with van der Waals surface area (Å²) in [7, 11) is 0. The molecule has 0 unspecified atom stereocenters. The molecule has 1 aliphatic heterocycles. The topological polar surface area (TPSA) is 15.3 Å². The molecule has 0 radical (unpaired) electrons. The highest BCUT2D eigenvalue weighted by molar-refractivity contribution is 5.44. The predicted octanol–water partition coefficient (Wildman–Crippen LogP) is 4.96. The number of hydrogen-bond acceptors (Lipinski definition) is 2. The van der Waals surface area contributed by atoms with E-state index in [0.29, 0.717) is 0 Å². The zero-order valence-corrected chi connectivity index (χ0v) is 14.9. The fourth-order valence-corrected chi connectivity index (χ4v) is 3.38. The molecule has 2 heteroatoms. The van der Waals surface area contributed by atoms with E-state index in [0.717, 1.165) is 31.8 Å². The van der Waals surface area contributed by atoms with Gasteiger partial charge in [-0.25, -0.2) is 0 Å². The molecule has 1 heterocycles. The Labute approximate surface area is 146 Å². The van der Waals surface area contributed by atoms with E-state index in [2.05, 4.69) is 71.7 Å². The quantitative estimate of drug-likeness (QED) is 0.725. The molecular weight excluding hydrogens is 292 g/mol. The van der Waals surface area contributed by atoms with E-state index in [4.69, 9.17) is 0 Å². The van der Waals surface area contributed by atoms with E-state index in [1.807, 2.05) is 0 Å². The van der Waals surface area contributed by atoms with Crippen LogP contribution in [-0.2, 0) is 13.0 Å². The first-order valence-corrected chi connectivity index (χ1v) is 9.39. The maximum Gasteiger partial charge on any atom is 0.0340 e. The summed E-state index contributed by atoms with van der Waals surface area (Å²) >= 11 is 0. The summed E-state index contributed by atoms with van der Waals surface area (Å²) < 4.78 is 0. The van der Waals surface area contributed by atoms with E-state index in [1.54, 1.807) is 0 Å². The van der Waals surface area contributed by atoms with Crippen LogP contribution in [0.3, 0.4) is 0 Å². The first-order valence-electron chi connectivity index (χ1n) is 9.39. The van der Waals surface area contributed by atoms with E-state index >= 15 is 0 Å². The monoisotopic (exact) mass is 322 g/mol. The summed E-state index contributed by atoms with van der Waals surface area (Å²) in [5, 5.41) is 3.54. The summed E-state index contributed by atoms with van der Waals surface area (Å²) in [6.07, 6.45) is 5.00. The lowest BCUT2D eigenvalue weighted by Crippen LogP contribution is -2.32. The summed E-state index contributed by atoms with van der Waals surface area (Å²) in [6, 6.07) is 19.7. The number of nitrogens with one attached hydrogen (secondary N) is 1. The molecule has 0 spiro atoms. The predicted molar refractivity (Wildman–Crippen MR) is 103 cm³/mol. The molecule has 2 nitrogen and oxygen atoms in total. The minimum Gasteiger partial charge on any atom is -0.385 e. The number of hydrogen-bond donors (Lipinski definition) is 1. The average Bonchev–Trinajstić information content (AvgIpc) is 2.63. The summed E-state index contributed by atoms with van der Waals surface area (Å²) in [4.78, 5) is 2.59. The zero-order valence-electron chi connectivity index (χ0n) is 14.9. The molecule has 1 aliphatic rings. The van der Waals surface area contributed by atoms with E-state index in [-0.39, 0.29) is 0 Å². The van der Waals surface area contributed by atoms with Crippen molar-refractivity contribution < 1.29 is 0 Å². The number of rotatable bonds is 7. The maximum absolute atomic E-state index is 3.54. The second kappa shape index (κ2) is 8.89. The molecule has 24 heavy (non-hydrogen) atoms. The van der Waals surface area contributed by atoms with Crippen molar-refractivity contribution in [2.75, 3.05) is 25.0 Å². The molecule has 0 atom stereocenters. The molecule has 2 aromatic rings. The van der Waals surface area contributed by atoms with Gasteiger partial charge in [0.05, 0.1) is 0 Å². The lowest BCUT2D eigenvalue weighted by molar-refractivity contribution is 0.185. The molecule has 1 fully saturated rings. The van der Waals surface area contributed by atoms with Gasteiger partial charge in [-0.2, -0.15) is 0 Å². The Balaban J connectivity index is 1.38. The van der Waals surface area contributed by atoms with Crippen molar-refractivity contribution in [1.82, 2.24) is 4.90 Å². The number of anilines is 1. The van der Waals surface area contributed by atoms with Crippen LogP contribution < -0.4 is 5.32 Å². The molecule has 0 bridgehead atoms. The van der Waals surface area contributed by atoms with Gasteiger partial charge in [-0.1, -0.05) is 49.4 Å². The molecule has 1 N–H and O–H groups in total. The van der Waals surface area contributed by atoms with Crippen molar-refractivity contribution in [3.05, 3.63) is 65.7 Å². The Kier molecular flexibility index (Phi) is 6.31. The Morgan fingerprint density at radius 1 is 0.917 bits per heavy atom. The second-order valence-corrected chi connectivity index (χ2v) is 7.17. The molecule has 0 saturated carbocycles. The van der Waals surface area contributed by atoms with Gasteiger partial charge in [0.25, 0.3) is 0 Å². The second-order valence-electron chi connectivity index (χ2n) is 7.17. The van der Waals surface area contributed by atoms with Gasteiger partial charge in [0.15, 0.2) is 0 Å². The zero-order chi connectivity index (χ0) is 16.6. The minimum absolute atomic E-state index is 0.906. The molecular formula is C22H30N2. The highest BCUT2D eigenvalue weighted by atomic mass is 15.1. The standard InChI is InChI=1S/C22H30N2/c1-19-13-16-24(17-14-19)18-21-9-11-22(12-10-21)23-15-5-8-20-6-3-2-4-7-20/h2-4,6-7,9-12,19,23H,5,8,13-18H2,1H3. The van der Waals surface area contributed by atoms with Crippen molar-refractivity contribution in [2.45, 2.75) is 39.2 Å². The highest BCUT2D eigenvalue weighted by Crippen LogP contribution is 2.19. The fraction of sp³-hybridized carbons (Fsp3) is 0.455. The van der Waals surface area contributed by atoms with E-state index in [1.165, 1.54) is 42.7 Å². The number of likely N-dealkylation sites (tertiary alicyclic amines) is 1. The molecule has 0 aromatic heterocycles. The molecule has 0 amide bonds. The summed E-state index contributed by atoms with van der Waals surface area (Å²) in [5.74, 6) is 0.906. The smallest absolute Gasteiger partial charge is 0.0340 e. The molecule has 0 aliphatic carbocycles. The summed E-state index contributed by atoms with van der Waals surface area (Å²) in [6.45, 7) is 7.00. The van der Waals surface area contributed by atoms with Crippen LogP contribution in [0.1, 0.15) is 37.3 Å². The first kappa shape index (κ1) is 17.0. The van der Waals surface area contributed by atoms with Crippen LogP contribution >= 0.6 is 0 Å². The van der Waals surface area contributed by atoms with E-state index < -0.39 is 0 Å². The molecule has 128 valence electrons. The van der Waals surface area contributed by atoms with Crippen molar-refractivity contribution in [3.63, 3.8) is 0 Å². The Hall–Kier alpha value is -1.80.